The number of hydrogen-bond acceptors (Lipinski definition) is 2. The highest BCUT2D eigenvalue weighted by Crippen LogP contribution is 2.18. The first-order chi connectivity index (χ1) is 11.5. The van der Waals surface area contributed by atoms with Gasteiger partial charge < -0.3 is 10.6 Å². The summed E-state index contributed by atoms with van der Waals surface area (Å²) in [7, 11) is 0. The standard InChI is InChI=1S/C20H22N2O2/c1-4-15-8-5-6-11-18(15)22-20(24)16-9-7-10-17(13-16)21-19(23)12-14(2)3/h5-13H,4H2,1-3H3,(H,21,23)(H,22,24). The van der Waals surface area contributed by atoms with E-state index in [-0.39, 0.29) is 11.8 Å². The molecule has 0 atom stereocenters. The number of hydrogen-bond donors (Lipinski definition) is 2. The summed E-state index contributed by atoms with van der Waals surface area (Å²) in [6.45, 7) is 5.76. The van der Waals surface area contributed by atoms with Gasteiger partial charge in [0.15, 0.2) is 0 Å². The molecule has 0 radical (unpaired) electrons. The third kappa shape index (κ3) is 4.81. The van der Waals surface area contributed by atoms with E-state index in [1.54, 1.807) is 24.3 Å². The molecule has 0 aliphatic rings. The maximum Gasteiger partial charge on any atom is 0.255 e. The van der Waals surface area contributed by atoms with Crippen molar-refractivity contribution >= 4 is 23.2 Å². The van der Waals surface area contributed by atoms with Gasteiger partial charge in [-0.3, -0.25) is 9.59 Å². The minimum atomic E-state index is -0.205. The van der Waals surface area contributed by atoms with Crippen molar-refractivity contribution in [3.8, 4) is 0 Å². The van der Waals surface area contributed by atoms with Crippen LogP contribution in [0.2, 0.25) is 0 Å². The number of carbonyl (C=O) groups is 2. The van der Waals surface area contributed by atoms with Crippen LogP contribution in [0.15, 0.2) is 60.2 Å². The van der Waals surface area contributed by atoms with Crippen molar-refractivity contribution < 1.29 is 9.59 Å². The number of para-hydroxylation sites is 1. The average molecular weight is 322 g/mol. The molecule has 2 N–H and O–H groups in total. The molecule has 2 aromatic carbocycles. The largest absolute Gasteiger partial charge is 0.322 e. The number of benzene rings is 2. The van der Waals surface area contributed by atoms with Crippen molar-refractivity contribution in [2.45, 2.75) is 27.2 Å². The molecular weight excluding hydrogens is 300 g/mol. The highest BCUT2D eigenvalue weighted by Gasteiger charge is 2.09. The minimum absolute atomic E-state index is 0.200. The van der Waals surface area contributed by atoms with Crippen molar-refractivity contribution in [2.75, 3.05) is 10.6 Å². The molecule has 0 bridgehead atoms. The Morgan fingerprint density at radius 1 is 1.00 bits per heavy atom. The lowest BCUT2D eigenvalue weighted by molar-refractivity contribution is -0.111. The predicted octanol–water partition coefficient (Wildman–Crippen LogP) is 4.41. The summed E-state index contributed by atoms with van der Waals surface area (Å²) in [5, 5.41) is 5.69. The lowest BCUT2D eigenvalue weighted by atomic mass is 10.1. The Kier molecular flexibility index (Phi) is 5.90. The monoisotopic (exact) mass is 322 g/mol. The SMILES string of the molecule is CCc1ccccc1NC(=O)c1cccc(NC(=O)C=C(C)C)c1. The van der Waals surface area contributed by atoms with Crippen molar-refractivity contribution in [1.29, 1.82) is 0 Å². The zero-order valence-electron chi connectivity index (χ0n) is 14.2. The van der Waals surface area contributed by atoms with Crippen LogP contribution < -0.4 is 10.6 Å². The molecule has 0 saturated heterocycles. The molecule has 0 unspecified atom stereocenters. The van der Waals surface area contributed by atoms with Gasteiger partial charge in [0.2, 0.25) is 5.91 Å². The molecule has 0 saturated carbocycles. The molecule has 0 heterocycles. The first-order valence-corrected chi connectivity index (χ1v) is 7.94. The van der Waals surface area contributed by atoms with Gasteiger partial charge in [-0.1, -0.05) is 36.8 Å². The van der Waals surface area contributed by atoms with E-state index in [1.165, 1.54) is 6.08 Å². The quantitative estimate of drug-likeness (QED) is 0.801. The Bertz CT molecular complexity index is 775. The van der Waals surface area contributed by atoms with E-state index >= 15 is 0 Å². The van der Waals surface area contributed by atoms with Crippen LogP contribution in [0, 0.1) is 0 Å². The number of allylic oxidation sites excluding steroid dienone is 1. The Morgan fingerprint density at radius 3 is 2.46 bits per heavy atom. The maximum absolute atomic E-state index is 12.5. The van der Waals surface area contributed by atoms with Crippen LogP contribution in [-0.2, 0) is 11.2 Å². The predicted molar refractivity (Wildman–Crippen MR) is 98.3 cm³/mol. The molecule has 2 rings (SSSR count). The lowest BCUT2D eigenvalue weighted by Gasteiger charge is -2.10. The second kappa shape index (κ2) is 8.11. The van der Waals surface area contributed by atoms with Gasteiger partial charge in [0.25, 0.3) is 5.91 Å². The zero-order chi connectivity index (χ0) is 17.5. The average Bonchev–Trinajstić information content (AvgIpc) is 2.54. The molecule has 0 aliphatic carbocycles. The number of nitrogens with one attached hydrogen (secondary N) is 2. The van der Waals surface area contributed by atoms with E-state index in [4.69, 9.17) is 0 Å². The van der Waals surface area contributed by atoms with Gasteiger partial charge in [-0.2, -0.15) is 0 Å². The Labute approximate surface area is 142 Å². The van der Waals surface area contributed by atoms with Crippen LogP contribution in [0.1, 0.15) is 36.7 Å². The Balaban J connectivity index is 2.14. The molecule has 2 amide bonds. The summed E-state index contributed by atoms with van der Waals surface area (Å²) in [6, 6.07) is 14.6. The summed E-state index contributed by atoms with van der Waals surface area (Å²) in [4.78, 5) is 24.3. The first kappa shape index (κ1) is 17.5. The molecule has 4 heteroatoms. The Hall–Kier alpha value is -2.88. The van der Waals surface area contributed by atoms with E-state index in [0.29, 0.717) is 11.3 Å². The fourth-order valence-electron chi connectivity index (χ4n) is 2.32. The summed E-state index contributed by atoms with van der Waals surface area (Å²) in [6.07, 6.45) is 2.36. The molecule has 0 spiro atoms. The fraction of sp³-hybridized carbons (Fsp3) is 0.200. The van der Waals surface area contributed by atoms with Crippen LogP contribution in [0.4, 0.5) is 11.4 Å². The van der Waals surface area contributed by atoms with E-state index < -0.39 is 0 Å². The van der Waals surface area contributed by atoms with Gasteiger partial charge in [0.1, 0.15) is 0 Å². The van der Waals surface area contributed by atoms with Gasteiger partial charge in [-0.05, 0) is 50.1 Å². The normalized spacial score (nSPS) is 9.96. The van der Waals surface area contributed by atoms with Crippen molar-refractivity contribution in [3.63, 3.8) is 0 Å². The summed E-state index contributed by atoms with van der Waals surface area (Å²) < 4.78 is 0. The number of carbonyl (C=O) groups excluding carboxylic acids is 2. The third-order valence-corrected chi connectivity index (χ3v) is 3.46. The topological polar surface area (TPSA) is 58.2 Å². The van der Waals surface area contributed by atoms with Crippen LogP contribution in [0.3, 0.4) is 0 Å². The summed E-state index contributed by atoms with van der Waals surface area (Å²) in [5.74, 6) is -0.405. The van der Waals surface area contributed by atoms with E-state index in [2.05, 4.69) is 10.6 Å². The lowest BCUT2D eigenvalue weighted by Crippen LogP contribution is -2.14. The van der Waals surface area contributed by atoms with Crippen molar-refractivity contribution in [3.05, 3.63) is 71.3 Å². The highest BCUT2D eigenvalue weighted by atomic mass is 16.2. The molecule has 0 aromatic heterocycles. The van der Waals surface area contributed by atoms with Gasteiger partial charge in [0, 0.05) is 23.0 Å². The second-order valence-corrected chi connectivity index (χ2v) is 5.76. The van der Waals surface area contributed by atoms with Crippen LogP contribution in [0.25, 0.3) is 0 Å². The van der Waals surface area contributed by atoms with Crippen LogP contribution in [-0.4, -0.2) is 11.8 Å². The molecule has 124 valence electrons. The number of aryl methyl sites for hydroxylation is 1. The number of amides is 2. The summed E-state index contributed by atoms with van der Waals surface area (Å²) in [5.41, 5.74) is 3.89. The van der Waals surface area contributed by atoms with Crippen LogP contribution >= 0.6 is 0 Å². The number of rotatable bonds is 5. The molecule has 2 aromatic rings. The van der Waals surface area contributed by atoms with Gasteiger partial charge >= 0.3 is 0 Å². The molecule has 0 aliphatic heterocycles. The van der Waals surface area contributed by atoms with Gasteiger partial charge in [0.05, 0.1) is 0 Å². The molecule has 0 fully saturated rings. The van der Waals surface area contributed by atoms with Gasteiger partial charge in [-0.15, -0.1) is 0 Å². The molecular formula is C20H22N2O2. The van der Waals surface area contributed by atoms with E-state index in [1.807, 2.05) is 45.0 Å². The summed E-state index contributed by atoms with van der Waals surface area (Å²) >= 11 is 0. The van der Waals surface area contributed by atoms with Gasteiger partial charge in [-0.25, -0.2) is 0 Å². The third-order valence-electron chi connectivity index (χ3n) is 3.46. The minimum Gasteiger partial charge on any atom is -0.322 e. The van der Waals surface area contributed by atoms with E-state index in [9.17, 15) is 9.59 Å². The smallest absolute Gasteiger partial charge is 0.255 e. The first-order valence-electron chi connectivity index (χ1n) is 7.94. The van der Waals surface area contributed by atoms with Crippen LogP contribution in [0.5, 0.6) is 0 Å². The molecule has 24 heavy (non-hydrogen) atoms. The second-order valence-electron chi connectivity index (χ2n) is 5.76. The van der Waals surface area contributed by atoms with Crippen molar-refractivity contribution in [2.24, 2.45) is 0 Å². The highest BCUT2D eigenvalue weighted by molar-refractivity contribution is 6.06. The van der Waals surface area contributed by atoms with Crippen molar-refractivity contribution in [1.82, 2.24) is 0 Å². The zero-order valence-corrected chi connectivity index (χ0v) is 14.2. The number of anilines is 2. The fourth-order valence-corrected chi connectivity index (χ4v) is 2.32. The Morgan fingerprint density at radius 2 is 1.75 bits per heavy atom. The van der Waals surface area contributed by atoms with E-state index in [0.717, 1.165) is 23.2 Å². The maximum atomic E-state index is 12.5. The molecule has 4 nitrogen and oxygen atoms in total.